The smallest absolute Gasteiger partial charge is 0.291 e. The minimum atomic E-state index is -0.478. The topological polar surface area (TPSA) is 94.1 Å². The Morgan fingerprint density at radius 3 is 2.56 bits per heavy atom. The largest absolute Gasteiger partial charge is 0.327 e. The van der Waals surface area contributed by atoms with Crippen LogP contribution in [0.3, 0.4) is 0 Å². The van der Waals surface area contributed by atoms with Crippen molar-refractivity contribution >= 4 is 58.1 Å². The predicted octanol–water partition coefficient (Wildman–Crippen LogP) is 3.43. The number of amides is 3. The van der Waals surface area contributed by atoms with E-state index >= 15 is 0 Å². The number of nitrogens with one attached hydrogen (secondary N) is 2. The minimum Gasteiger partial charge on any atom is -0.327 e. The van der Waals surface area contributed by atoms with Gasteiger partial charge in [-0.1, -0.05) is 47.8 Å². The molecule has 0 bridgehead atoms. The molecule has 0 saturated carbocycles. The summed E-state index contributed by atoms with van der Waals surface area (Å²) in [6, 6.07) is 12.0. The standard InChI is InChI=1S/C22H23Cl2N5O3/c1-3-10-28(13-19(30)26-18-9-6-15(23)11-17(18)24)22(32)21-25-12-20(31)29(27-21)16-7-4-14(2)5-8-16/h4-9,11H,3,10,12-13H2,1-2H3,(H,25,27)(H,26,30). The molecule has 0 spiro atoms. The molecule has 32 heavy (non-hydrogen) atoms. The van der Waals surface area contributed by atoms with Crippen LogP contribution in [-0.4, -0.2) is 48.1 Å². The van der Waals surface area contributed by atoms with Crippen LogP contribution in [0.15, 0.2) is 47.5 Å². The van der Waals surface area contributed by atoms with E-state index < -0.39 is 11.8 Å². The van der Waals surface area contributed by atoms with Crippen molar-refractivity contribution in [1.29, 1.82) is 0 Å². The average Bonchev–Trinajstić information content (AvgIpc) is 2.76. The van der Waals surface area contributed by atoms with E-state index in [9.17, 15) is 14.4 Å². The number of anilines is 2. The van der Waals surface area contributed by atoms with Crippen molar-refractivity contribution in [3.05, 3.63) is 58.1 Å². The third-order valence-corrected chi connectivity index (χ3v) is 5.20. The number of hydrogen-bond donors (Lipinski definition) is 2. The summed E-state index contributed by atoms with van der Waals surface area (Å²) >= 11 is 12.0. The quantitative estimate of drug-likeness (QED) is 0.641. The molecule has 2 aromatic carbocycles. The monoisotopic (exact) mass is 475 g/mol. The van der Waals surface area contributed by atoms with E-state index in [2.05, 4.69) is 15.7 Å². The number of hydrogen-bond acceptors (Lipinski definition) is 5. The predicted molar refractivity (Wildman–Crippen MR) is 126 cm³/mol. The molecule has 3 amide bonds. The second-order valence-electron chi connectivity index (χ2n) is 7.24. The van der Waals surface area contributed by atoms with E-state index in [0.29, 0.717) is 34.4 Å². The Kier molecular flexibility index (Phi) is 7.71. The number of aliphatic imine (C=N–C) groups is 1. The van der Waals surface area contributed by atoms with Crippen LogP contribution in [0, 0.1) is 6.92 Å². The third kappa shape index (κ3) is 5.77. The van der Waals surface area contributed by atoms with Crippen LogP contribution in [0.4, 0.5) is 11.4 Å². The van der Waals surface area contributed by atoms with Gasteiger partial charge in [0.2, 0.25) is 11.7 Å². The van der Waals surface area contributed by atoms with Crippen LogP contribution < -0.4 is 15.8 Å². The van der Waals surface area contributed by atoms with Gasteiger partial charge in [-0.2, -0.15) is 0 Å². The van der Waals surface area contributed by atoms with Crippen molar-refractivity contribution in [3.63, 3.8) is 0 Å². The number of halogens is 2. The third-order valence-electron chi connectivity index (χ3n) is 4.65. The molecule has 0 unspecified atom stereocenters. The Hall–Kier alpha value is -3.10. The van der Waals surface area contributed by atoms with Crippen molar-refractivity contribution in [2.24, 2.45) is 4.99 Å². The lowest BCUT2D eigenvalue weighted by molar-refractivity contribution is -0.129. The summed E-state index contributed by atoms with van der Waals surface area (Å²) < 4.78 is 0. The van der Waals surface area contributed by atoms with Crippen LogP contribution in [0.25, 0.3) is 0 Å². The first-order chi connectivity index (χ1) is 15.3. The zero-order chi connectivity index (χ0) is 23.3. The van der Waals surface area contributed by atoms with Gasteiger partial charge >= 0.3 is 0 Å². The molecule has 1 aliphatic rings. The summed E-state index contributed by atoms with van der Waals surface area (Å²) in [5.74, 6) is -1.19. The van der Waals surface area contributed by atoms with E-state index in [4.69, 9.17) is 23.2 Å². The molecule has 1 aliphatic heterocycles. The van der Waals surface area contributed by atoms with Gasteiger partial charge in [0, 0.05) is 11.6 Å². The summed E-state index contributed by atoms with van der Waals surface area (Å²) in [6.45, 7) is 3.79. The van der Waals surface area contributed by atoms with E-state index in [1.54, 1.807) is 24.3 Å². The van der Waals surface area contributed by atoms with Gasteiger partial charge in [0.25, 0.3) is 11.8 Å². The first-order valence-corrected chi connectivity index (χ1v) is 10.8. The van der Waals surface area contributed by atoms with Crippen molar-refractivity contribution in [2.75, 3.05) is 30.0 Å². The number of hydrazine groups is 1. The Morgan fingerprint density at radius 2 is 1.91 bits per heavy atom. The van der Waals surface area contributed by atoms with Gasteiger partial charge in [-0.15, -0.1) is 0 Å². The number of amidine groups is 1. The van der Waals surface area contributed by atoms with E-state index in [1.165, 1.54) is 16.0 Å². The normalized spacial score (nSPS) is 13.3. The van der Waals surface area contributed by atoms with E-state index in [1.807, 2.05) is 26.0 Å². The van der Waals surface area contributed by atoms with Gasteiger partial charge in [-0.05, 0) is 43.7 Å². The van der Waals surface area contributed by atoms with Crippen LogP contribution in [0.5, 0.6) is 0 Å². The maximum atomic E-state index is 13.1. The number of rotatable bonds is 7. The Balaban J connectivity index is 1.71. The highest BCUT2D eigenvalue weighted by Gasteiger charge is 2.29. The van der Waals surface area contributed by atoms with Crippen molar-refractivity contribution in [1.82, 2.24) is 10.3 Å². The zero-order valence-electron chi connectivity index (χ0n) is 17.7. The molecule has 0 saturated heterocycles. The Morgan fingerprint density at radius 1 is 1.19 bits per heavy atom. The molecule has 3 rings (SSSR count). The number of carbonyl (C=O) groups excluding carboxylic acids is 3. The van der Waals surface area contributed by atoms with Crippen molar-refractivity contribution in [2.45, 2.75) is 20.3 Å². The van der Waals surface area contributed by atoms with Gasteiger partial charge in [-0.25, -0.2) is 5.01 Å². The lowest BCUT2D eigenvalue weighted by atomic mass is 10.2. The fourth-order valence-electron chi connectivity index (χ4n) is 3.06. The second kappa shape index (κ2) is 10.5. The van der Waals surface area contributed by atoms with Gasteiger partial charge in [0.05, 0.1) is 16.4 Å². The molecular formula is C22H23Cl2N5O3. The number of aryl methyl sites for hydroxylation is 1. The maximum absolute atomic E-state index is 13.1. The molecule has 2 aromatic rings. The molecule has 8 nitrogen and oxygen atoms in total. The van der Waals surface area contributed by atoms with Gasteiger partial charge in [0.1, 0.15) is 13.1 Å². The number of carbonyl (C=O) groups is 3. The van der Waals surface area contributed by atoms with Gasteiger partial charge in [-0.3, -0.25) is 24.8 Å². The van der Waals surface area contributed by atoms with Crippen LogP contribution >= 0.6 is 23.2 Å². The first-order valence-electron chi connectivity index (χ1n) is 10.0. The summed E-state index contributed by atoms with van der Waals surface area (Å²) in [4.78, 5) is 43.4. The minimum absolute atomic E-state index is 0.00375. The number of nitrogens with zero attached hydrogens (tertiary/aromatic N) is 3. The van der Waals surface area contributed by atoms with Crippen LogP contribution in [0.2, 0.25) is 10.0 Å². The van der Waals surface area contributed by atoms with Crippen LogP contribution in [-0.2, 0) is 14.4 Å². The fraction of sp³-hybridized carbons (Fsp3) is 0.273. The molecular weight excluding hydrogens is 453 g/mol. The van der Waals surface area contributed by atoms with Crippen molar-refractivity contribution in [3.8, 4) is 0 Å². The lowest BCUT2D eigenvalue weighted by Crippen LogP contribution is -2.57. The SMILES string of the molecule is CCCN(CC(=O)Nc1ccc(Cl)cc1Cl)C(=O)C1=NCC(=O)N(c2ccc(C)cc2)N1. The number of benzene rings is 2. The summed E-state index contributed by atoms with van der Waals surface area (Å²) in [6.07, 6.45) is 0.634. The van der Waals surface area contributed by atoms with E-state index in [0.717, 1.165) is 5.56 Å². The molecule has 0 fully saturated rings. The fourth-order valence-corrected chi connectivity index (χ4v) is 3.52. The molecule has 10 heteroatoms. The highest BCUT2D eigenvalue weighted by Crippen LogP contribution is 2.25. The summed E-state index contributed by atoms with van der Waals surface area (Å²) in [5.41, 5.74) is 4.83. The molecule has 2 N–H and O–H groups in total. The Labute approximate surface area is 196 Å². The summed E-state index contributed by atoms with van der Waals surface area (Å²) in [7, 11) is 0. The van der Waals surface area contributed by atoms with Gasteiger partial charge < -0.3 is 10.2 Å². The molecule has 0 aliphatic carbocycles. The average molecular weight is 476 g/mol. The molecule has 0 atom stereocenters. The Bertz CT molecular complexity index is 1060. The molecule has 1 heterocycles. The maximum Gasteiger partial charge on any atom is 0.291 e. The second-order valence-corrected chi connectivity index (χ2v) is 8.08. The highest BCUT2D eigenvalue weighted by molar-refractivity contribution is 6.39. The van der Waals surface area contributed by atoms with Crippen LogP contribution in [0.1, 0.15) is 18.9 Å². The first kappa shape index (κ1) is 23.6. The van der Waals surface area contributed by atoms with Gasteiger partial charge in [0.15, 0.2) is 0 Å². The highest BCUT2D eigenvalue weighted by atomic mass is 35.5. The molecule has 0 radical (unpaired) electrons. The lowest BCUT2D eigenvalue weighted by Gasteiger charge is -2.30. The zero-order valence-corrected chi connectivity index (χ0v) is 19.2. The molecule has 168 valence electrons. The van der Waals surface area contributed by atoms with Crippen molar-refractivity contribution < 1.29 is 14.4 Å². The molecule has 0 aromatic heterocycles. The summed E-state index contributed by atoms with van der Waals surface area (Å²) in [5, 5.41) is 4.72. The van der Waals surface area contributed by atoms with E-state index in [-0.39, 0.29) is 24.8 Å².